The van der Waals surface area contributed by atoms with Crippen molar-refractivity contribution in [1.82, 2.24) is 4.98 Å². The zero-order chi connectivity index (χ0) is 17.9. The Kier molecular flexibility index (Phi) is 5.36. The number of hydrogen-bond donors (Lipinski definition) is 1. The number of esters is 1. The molecule has 0 aliphatic heterocycles. The molecule has 1 aromatic heterocycles. The molecule has 0 aliphatic rings. The molecule has 1 heterocycles. The van der Waals surface area contributed by atoms with Crippen molar-refractivity contribution in [2.24, 2.45) is 5.73 Å². The zero-order valence-electron chi connectivity index (χ0n) is 13.7. The van der Waals surface area contributed by atoms with Crippen LogP contribution in [0, 0.1) is 0 Å². The zero-order valence-corrected chi connectivity index (χ0v) is 14.5. The van der Waals surface area contributed by atoms with Crippen molar-refractivity contribution < 1.29 is 9.53 Å². The van der Waals surface area contributed by atoms with Gasteiger partial charge >= 0.3 is 5.97 Å². The number of carbonyl (C=O) groups is 1. The number of aromatic nitrogens is 1. The molecule has 1 atom stereocenters. The van der Waals surface area contributed by atoms with Crippen molar-refractivity contribution in [1.29, 1.82) is 0 Å². The molecule has 0 saturated heterocycles. The molecular weight excluding hydrogens is 328 g/mol. The molecule has 3 rings (SSSR count). The average Bonchev–Trinajstić information content (AvgIpc) is 3.17. The minimum absolute atomic E-state index is 0.212. The van der Waals surface area contributed by atoms with E-state index >= 15 is 0 Å². The molecule has 0 fully saturated rings. The van der Waals surface area contributed by atoms with Gasteiger partial charge in [0.25, 0.3) is 0 Å². The third kappa shape index (κ3) is 4.88. The molecule has 24 heavy (non-hydrogen) atoms. The Bertz CT molecular complexity index is 828. The van der Waals surface area contributed by atoms with E-state index in [0.29, 0.717) is 5.69 Å². The van der Waals surface area contributed by atoms with Crippen LogP contribution in [0.1, 0.15) is 42.5 Å². The Labute approximate surface area is 145 Å². The molecule has 0 radical (unpaired) electrons. The molecule has 1 unspecified atom stereocenters. The Balaban J connectivity index is 0.000000214. The molecule has 0 spiro atoms. The molecule has 0 amide bonds. The fourth-order valence-corrected chi connectivity index (χ4v) is 2.00. The Morgan fingerprint density at radius 2 is 1.71 bits per heavy atom. The smallest absolute Gasteiger partial charge is 0.357 e. The second kappa shape index (κ2) is 7.11. The summed E-state index contributed by atoms with van der Waals surface area (Å²) in [7, 11) is 0. The van der Waals surface area contributed by atoms with E-state index in [0.717, 1.165) is 10.8 Å². The number of ether oxygens (including phenoxy) is 1. The van der Waals surface area contributed by atoms with Gasteiger partial charge in [0.2, 0.25) is 0 Å². The highest BCUT2D eigenvalue weighted by Gasteiger charge is 2.19. The van der Waals surface area contributed by atoms with Crippen LogP contribution in [0.15, 0.2) is 47.3 Å². The number of hydrogen-bond acceptors (Lipinski definition) is 5. The van der Waals surface area contributed by atoms with Crippen molar-refractivity contribution >= 4 is 28.3 Å². The van der Waals surface area contributed by atoms with Gasteiger partial charge in [0.1, 0.15) is 16.8 Å². The lowest BCUT2D eigenvalue weighted by Crippen LogP contribution is -2.24. The number of rotatable bonds is 2. The van der Waals surface area contributed by atoms with E-state index in [9.17, 15) is 9.59 Å². The van der Waals surface area contributed by atoms with E-state index in [4.69, 9.17) is 22.1 Å². The first kappa shape index (κ1) is 18.1. The van der Waals surface area contributed by atoms with Crippen molar-refractivity contribution in [3.8, 4) is 0 Å². The minimum Gasteiger partial charge on any atom is -0.455 e. The number of benzene rings is 1. The summed E-state index contributed by atoms with van der Waals surface area (Å²) in [5.74, 6) is -0.480. The Morgan fingerprint density at radius 1 is 1.12 bits per heavy atom. The molecule has 0 saturated carbocycles. The first-order valence-corrected chi connectivity index (χ1v) is 7.86. The van der Waals surface area contributed by atoms with Gasteiger partial charge in [-0.05, 0) is 32.9 Å². The van der Waals surface area contributed by atoms with Crippen LogP contribution in [0.2, 0.25) is 0 Å². The molecule has 0 aliphatic carbocycles. The SMILES string of the molecule is CC(C)(C)OC(=O)c1cccc(C(N)Cl)n1.O=c1c2ccccc12. The third-order valence-corrected chi connectivity index (χ3v) is 3.24. The first-order valence-electron chi connectivity index (χ1n) is 7.43. The molecule has 6 heteroatoms. The van der Waals surface area contributed by atoms with Crippen LogP contribution >= 0.6 is 11.6 Å². The summed E-state index contributed by atoms with van der Waals surface area (Å²) in [6.07, 6.45) is 0. The van der Waals surface area contributed by atoms with E-state index in [1.807, 2.05) is 24.3 Å². The predicted molar refractivity (Wildman–Crippen MR) is 94.8 cm³/mol. The third-order valence-electron chi connectivity index (χ3n) is 3.02. The number of halogens is 1. The predicted octanol–water partition coefficient (Wildman–Crippen LogP) is 3.31. The molecule has 3 aromatic rings. The number of fused-ring (bicyclic) bond motifs is 1. The second-order valence-electron chi connectivity index (χ2n) is 6.23. The number of alkyl halides is 1. The van der Waals surface area contributed by atoms with Crippen molar-refractivity contribution in [2.45, 2.75) is 31.9 Å². The Morgan fingerprint density at radius 3 is 2.17 bits per heavy atom. The molecular formula is C18H19ClN2O3. The van der Waals surface area contributed by atoms with Gasteiger partial charge in [-0.1, -0.05) is 41.9 Å². The highest BCUT2D eigenvalue weighted by Crippen LogP contribution is 2.15. The summed E-state index contributed by atoms with van der Waals surface area (Å²) in [5.41, 5.74) is 5.08. The van der Waals surface area contributed by atoms with Crippen LogP contribution < -0.4 is 11.2 Å². The van der Waals surface area contributed by atoms with Crippen LogP contribution in [-0.2, 0) is 4.74 Å². The van der Waals surface area contributed by atoms with Gasteiger partial charge in [-0.3, -0.25) is 4.79 Å². The molecule has 2 N–H and O–H groups in total. The molecule has 2 aromatic carbocycles. The molecule has 5 nitrogen and oxygen atoms in total. The fraction of sp³-hybridized carbons (Fsp3) is 0.278. The lowest BCUT2D eigenvalue weighted by Gasteiger charge is -2.19. The van der Waals surface area contributed by atoms with E-state index in [1.54, 1.807) is 39.0 Å². The quantitative estimate of drug-likeness (QED) is 0.437. The number of carbonyl (C=O) groups excluding carboxylic acids is 1. The largest absolute Gasteiger partial charge is 0.455 e. The summed E-state index contributed by atoms with van der Waals surface area (Å²) in [6, 6.07) is 12.3. The van der Waals surface area contributed by atoms with Gasteiger partial charge in [-0.25, -0.2) is 9.78 Å². The van der Waals surface area contributed by atoms with Crippen LogP contribution in [0.25, 0.3) is 10.8 Å². The van der Waals surface area contributed by atoms with Gasteiger partial charge in [0.15, 0.2) is 5.43 Å². The lowest BCUT2D eigenvalue weighted by molar-refractivity contribution is 0.00625. The minimum atomic E-state index is -0.720. The monoisotopic (exact) mass is 346 g/mol. The molecule has 0 bridgehead atoms. The van der Waals surface area contributed by atoms with Gasteiger partial charge in [0.05, 0.1) is 5.69 Å². The van der Waals surface area contributed by atoms with Crippen molar-refractivity contribution in [3.05, 3.63) is 64.1 Å². The topological polar surface area (TPSA) is 82.3 Å². The van der Waals surface area contributed by atoms with Crippen LogP contribution in [0.4, 0.5) is 0 Å². The van der Waals surface area contributed by atoms with Crippen molar-refractivity contribution in [3.63, 3.8) is 0 Å². The normalized spacial score (nSPS) is 12.5. The summed E-state index contributed by atoms with van der Waals surface area (Å²) in [6.45, 7) is 5.38. The van der Waals surface area contributed by atoms with Crippen molar-refractivity contribution in [2.75, 3.05) is 0 Å². The van der Waals surface area contributed by atoms with Gasteiger partial charge in [0, 0.05) is 10.8 Å². The van der Waals surface area contributed by atoms with E-state index in [1.165, 1.54) is 0 Å². The summed E-state index contributed by atoms with van der Waals surface area (Å²) < 4.78 is 5.17. The van der Waals surface area contributed by atoms with Crippen LogP contribution in [0.5, 0.6) is 0 Å². The highest BCUT2D eigenvalue weighted by atomic mass is 35.5. The van der Waals surface area contributed by atoms with Crippen LogP contribution in [-0.4, -0.2) is 16.6 Å². The van der Waals surface area contributed by atoms with Crippen LogP contribution in [0.3, 0.4) is 0 Å². The fourth-order valence-electron chi connectivity index (χ4n) is 1.88. The maximum Gasteiger partial charge on any atom is 0.357 e. The maximum atomic E-state index is 11.7. The van der Waals surface area contributed by atoms with E-state index in [2.05, 4.69) is 4.98 Å². The average molecular weight is 347 g/mol. The summed E-state index contributed by atoms with van der Waals surface area (Å²) >= 11 is 5.68. The summed E-state index contributed by atoms with van der Waals surface area (Å²) in [5, 5.41) is 1.79. The lowest BCUT2D eigenvalue weighted by atomic mass is 10.2. The number of pyridine rings is 1. The maximum absolute atomic E-state index is 11.7. The first-order chi connectivity index (χ1) is 11.2. The van der Waals surface area contributed by atoms with E-state index < -0.39 is 17.1 Å². The van der Waals surface area contributed by atoms with Gasteiger partial charge < -0.3 is 10.5 Å². The standard InChI is InChI=1S/C11H15ClN2O2.C7H4O/c1-11(2,3)16-10(15)8-6-4-5-7(14-8)9(12)13;8-7-5-3-1-2-4-6(5)7/h4-6,9H,13H2,1-3H3;1-4H. The molecule has 126 valence electrons. The number of nitrogens with two attached hydrogens (primary N) is 1. The van der Waals surface area contributed by atoms with Gasteiger partial charge in [-0.2, -0.15) is 0 Å². The second-order valence-corrected chi connectivity index (χ2v) is 6.70. The van der Waals surface area contributed by atoms with Gasteiger partial charge in [-0.15, -0.1) is 0 Å². The number of nitrogens with zero attached hydrogens (tertiary/aromatic N) is 1. The Hall–Kier alpha value is -2.24. The van der Waals surface area contributed by atoms with E-state index in [-0.39, 0.29) is 11.1 Å². The summed E-state index contributed by atoms with van der Waals surface area (Å²) in [4.78, 5) is 26.2. The highest BCUT2D eigenvalue weighted by molar-refractivity contribution is 6.20.